The van der Waals surface area contributed by atoms with Crippen molar-refractivity contribution in [2.75, 3.05) is 40.4 Å². The van der Waals surface area contributed by atoms with Gasteiger partial charge in [-0.2, -0.15) is 0 Å². The Morgan fingerprint density at radius 2 is 2.38 bits per heavy atom. The van der Waals surface area contributed by atoms with Crippen LogP contribution in [0.25, 0.3) is 0 Å². The zero-order chi connectivity index (χ0) is 11.8. The molecular weight excluding hydrogens is 202 g/mol. The second kappa shape index (κ2) is 7.13. The Hall–Kier alpha value is -1.21. The van der Waals surface area contributed by atoms with Crippen LogP contribution < -0.4 is 5.32 Å². The summed E-state index contributed by atoms with van der Waals surface area (Å²) < 4.78 is 5.56. The average molecular weight is 223 g/mol. The van der Waals surface area contributed by atoms with Crippen LogP contribution >= 0.6 is 0 Å². The Kier molecular flexibility index (Phi) is 5.73. The number of ether oxygens (including phenoxy) is 1. The number of likely N-dealkylation sites (N-methyl/N-ethyl adjacent to an activating group) is 1. The maximum Gasteiger partial charge on any atom is 0.194 e. The van der Waals surface area contributed by atoms with E-state index in [1.165, 1.54) is 12.8 Å². The van der Waals surface area contributed by atoms with Gasteiger partial charge in [-0.15, -0.1) is 6.42 Å². The molecule has 0 amide bonds. The van der Waals surface area contributed by atoms with Crippen molar-refractivity contribution in [2.45, 2.75) is 12.8 Å². The van der Waals surface area contributed by atoms with Crippen LogP contribution in [0.3, 0.4) is 0 Å². The van der Waals surface area contributed by atoms with E-state index < -0.39 is 0 Å². The summed E-state index contributed by atoms with van der Waals surface area (Å²) >= 11 is 0. The van der Waals surface area contributed by atoms with E-state index in [0.717, 1.165) is 31.6 Å². The van der Waals surface area contributed by atoms with Gasteiger partial charge in [-0.1, -0.05) is 5.92 Å². The van der Waals surface area contributed by atoms with Crippen LogP contribution in [0.15, 0.2) is 4.99 Å². The minimum atomic E-state index is 0.500. The van der Waals surface area contributed by atoms with Crippen molar-refractivity contribution in [3.63, 3.8) is 0 Å². The van der Waals surface area contributed by atoms with Crippen molar-refractivity contribution in [3.8, 4) is 12.3 Å². The highest BCUT2D eigenvalue weighted by atomic mass is 16.5. The molecule has 0 heterocycles. The van der Waals surface area contributed by atoms with Crippen molar-refractivity contribution in [3.05, 3.63) is 0 Å². The maximum atomic E-state index is 5.56. The van der Waals surface area contributed by atoms with Gasteiger partial charge in [0, 0.05) is 27.2 Å². The number of terminal acetylenes is 1. The molecular formula is C12H21N3O. The maximum absolute atomic E-state index is 5.56. The molecule has 1 N–H and O–H groups in total. The molecule has 0 aliphatic heterocycles. The molecule has 1 saturated carbocycles. The summed E-state index contributed by atoms with van der Waals surface area (Å²) in [6.45, 7) is 2.98. The average Bonchev–Trinajstić information content (AvgIpc) is 3.09. The number of nitrogens with one attached hydrogen (secondary N) is 1. The zero-order valence-electron chi connectivity index (χ0n) is 10.2. The van der Waals surface area contributed by atoms with Crippen LogP contribution in [-0.4, -0.2) is 51.3 Å². The first kappa shape index (κ1) is 12.9. The molecule has 1 aliphatic carbocycles. The molecule has 90 valence electrons. The highest BCUT2D eigenvalue weighted by Crippen LogP contribution is 2.28. The largest absolute Gasteiger partial charge is 0.379 e. The van der Waals surface area contributed by atoms with Crippen molar-refractivity contribution >= 4 is 5.96 Å². The summed E-state index contributed by atoms with van der Waals surface area (Å²) in [7, 11) is 3.73. The van der Waals surface area contributed by atoms with Crippen LogP contribution in [0.5, 0.6) is 0 Å². The fraction of sp³-hybridized carbons (Fsp3) is 0.750. The van der Waals surface area contributed by atoms with E-state index in [-0.39, 0.29) is 0 Å². The molecule has 16 heavy (non-hydrogen) atoms. The summed E-state index contributed by atoms with van der Waals surface area (Å²) in [6, 6.07) is 0. The summed E-state index contributed by atoms with van der Waals surface area (Å²) in [6.07, 6.45) is 7.85. The lowest BCUT2D eigenvalue weighted by molar-refractivity contribution is 0.115. The summed E-state index contributed by atoms with van der Waals surface area (Å²) in [5.41, 5.74) is 0. The first-order chi connectivity index (χ1) is 7.77. The van der Waals surface area contributed by atoms with Gasteiger partial charge in [0.2, 0.25) is 0 Å². The third-order valence-corrected chi connectivity index (χ3v) is 2.54. The Morgan fingerprint density at radius 1 is 1.62 bits per heavy atom. The van der Waals surface area contributed by atoms with E-state index in [1.54, 1.807) is 7.05 Å². The molecule has 0 bridgehead atoms. The standard InChI is InChI=1S/C12H21N3O/c1-4-7-14-12(13-2)15(3)8-9-16-10-11-5-6-11/h1,11H,5-10H2,2-3H3,(H,13,14). The molecule has 0 aromatic carbocycles. The molecule has 1 fully saturated rings. The first-order valence-electron chi connectivity index (χ1n) is 5.71. The predicted molar refractivity (Wildman–Crippen MR) is 66.4 cm³/mol. The zero-order valence-corrected chi connectivity index (χ0v) is 10.2. The Bertz CT molecular complexity index is 266. The number of hydrogen-bond donors (Lipinski definition) is 1. The van der Waals surface area contributed by atoms with Crippen LogP contribution in [-0.2, 0) is 4.74 Å². The van der Waals surface area contributed by atoms with Crippen LogP contribution in [0.4, 0.5) is 0 Å². The second-order valence-electron chi connectivity index (χ2n) is 4.04. The van der Waals surface area contributed by atoms with Crippen LogP contribution in [0, 0.1) is 18.3 Å². The highest BCUT2D eigenvalue weighted by Gasteiger charge is 2.21. The minimum absolute atomic E-state index is 0.500. The van der Waals surface area contributed by atoms with Crippen molar-refractivity contribution in [2.24, 2.45) is 10.9 Å². The Labute approximate surface area is 98.1 Å². The summed E-state index contributed by atoms with van der Waals surface area (Å²) in [5, 5.41) is 3.07. The minimum Gasteiger partial charge on any atom is -0.379 e. The Balaban J connectivity index is 2.10. The number of guanidine groups is 1. The lowest BCUT2D eigenvalue weighted by Gasteiger charge is -2.21. The molecule has 0 saturated heterocycles. The summed E-state index contributed by atoms with van der Waals surface area (Å²) in [4.78, 5) is 6.15. The number of aliphatic imine (C=N–C) groups is 1. The normalized spacial score (nSPS) is 15.7. The van der Waals surface area contributed by atoms with E-state index in [0.29, 0.717) is 6.54 Å². The van der Waals surface area contributed by atoms with E-state index >= 15 is 0 Å². The monoisotopic (exact) mass is 223 g/mol. The van der Waals surface area contributed by atoms with Gasteiger partial charge in [-0.25, -0.2) is 0 Å². The van der Waals surface area contributed by atoms with Crippen molar-refractivity contribution < 1.29 is 4.74 Å². The van der Waals surface area contributed by atoms with Gasteiger partial charge in [-0.05, 0) is 18.8 Å². The van der Waals surface area contributed by atoms with Gasteiger partial charge in [0.05, 0.1) is 13.2 Å². The van der Waals surface area contributed by atoms with E-state index in [9.17, 15) is 0 Å². The molecule has 1 aliphatic rings. The second-order valence-corrected chi connectivity index (χ2v) is 4.04. The lowest BCUT2D eigenvalue weighted by atomic mass is 10.5. The molecule has 0 unspecified atom stereocenters. The van der Waals surface area contributed by atoms with Crippen molar-refractivity contribution in [1.29, 1.82) is 0 Å². The van der Waals surface area contributed by atoms with Gasteiger partial charge < -0.3 is 15.0 Å². The molecule has 4 nitrogen and oxygen atoms in total. The van der Waals surface area contributed by atoms with E-state index in [2.05, 4.69) is 16.2 Å². The number of hydrogen-bond acceptors (Lipinski definition) is 2. The molecule has 4 heteroatoms. The fourth-order valence-corrected chi connectivity index (χ4v) is 1.36. The fourth-order valence-electron chi connectivity index (χ4n) is 1.36. The molecule has 0 aromatic rings. The van der Waals surface area contributed by atoms with Gasteiger partial charge in [0.15, 0.2) is 5.96 Å². The third-order valence-electron chi connectivity index (χ3n) is 2.54. The first-order valence-corrected chi connectivity index (χ1v) is 5.71. The SMILES string of the molecule is C#CCNC(=NC)N(C)CCOCC1CC1. The molecule has 0 aromatic heterocycles. The van der Waals surface area contributed by atoms with Gasteiger partial charge in [-0.3, -0.25) is 4.99 Å². The topological polar surface area (TPSA) is 36.9 Å². The highest BCUT2D eigenvalue weighted by molar-refractivity contribution is 5.79. The van der Waals surface area contributed by atoms with E-state index in [4.69, 9.17) is 11.2 Å². The predicted octanol–water partition coefficient (Wildman–Crippen LogP) is 0.553. The number of nitrogens with zero attached hydrogens (tertiary/aromatic N) is 2. The van der Waals surface area contributed by atoms with Crippen LogP contribution in [0.1, 0.15) is 12.8 Å². The molecule has 0 spiro atoms. The summed E-state index contributed by atoms with van der Waals surface area (Å²) in [5.74, 6) is 4.16. The quantitative estimate of drug-likeness (QED) is 0.309. The molecule has 1 rings (SSSR count). The smallest absolute Gasteiger partial charge is 0.194 e. The van der Waals surface area contributed by atoms with Crippen LogP contribution in [0.2, 0.25) is 0 Å². The Morgan fingerprint density at radius 3 is 2.94 bits per heavy atom. The van der Waals surface area contributed by atoms with E-state index in [1.807, 2.05) is 11.9 Å². The van der Waals surface area contributed by atoms with Crippen molar-refractivity contribution in [1.82, 2.24) is 10.2 Å². The number of rotatable bonds is 6. The molecule has 0 atom stereocenters. The van der Waals surface area contributed by atoms with Gasteiger partial charge in [0.1, 0.15) is 0 Å². The molecule has 0 radical (unpaired) electrons. The third kappa shape index (κ3) is 5.04. The van der Waals surface area contributed by atoms with Gasteiger partial charge in [0.25, 0.3) is 0 Å². The lowest BCUT2D eigenvalue weighted by Crippen LogP contribution is -2.40. The van der Waals surface area contributed by atoms with Gasteiger partial charge >= 0.3 is 0 Å².